The number of amides is 1. The summed E-state index contributed by atoms with van der Waals surface area (Å²) in [5, 5.41) is 2.80. The Morgan fingerprint density at radius 3 is 2.35 bits per heavy atom. The minimum Gasteiger partial charge on any atom is -0.349 e. The van der Waals surface area contributed by atoms with Gasteiger partial charge in [0.2, 0.25) is 0 Å². The van der Waals surface area contributed by atoms with E-state index in [-0.39, 0.29) is 10.9 Å². The van der Waals surface area contributed by atoms with Gasteiger partial charge >= 0.3 is 0 Å². The van der Waals surface area contributed by atoms with E-state index < -0.39 is 15.9 Å². The Labute approximate surface area is 154 Å². The largest absolute Gasteiger partial charge is 0.349 e. The molecular weight excluding hydrogens is 348 g/mol. The van der Waals surface area contributed by atoms with Gasteiger partial charge in [0, 0.05) is 24.2 Å². The van der Waals surface area contributed by atoms with E-state index in [4.69, 9.17) is 0 Å². The molecule has 5 nitrogen and oxygen atoms in total. The maximum atomic E-state index is 13.2. The number of rotatable bonds is 4. The summed E-state index contributed by atoms with van der Waals surface area (Å²) in [4.78, 5) is 12.7. The van der Waals surface area contributed by atoms with Crippen LogP contribution in [-0.4, -0.2) is 27.4 Å². The first-order valence-corrected chi connectivity index (χ1v) is 10.0. The molecule has 1 amide bonds. The molecular formula is C20H22N2O3S. The van der Waals surface area contributed by atoms with Crippen molar-refractivity contribution in [3.8, 4) is 0 Å². The molecule has 1 heterocycles. The van der Waals surface area contributed by atoms with Crippen molar-refractivity contribution in [3.05, 3.63) is 70.6 Å². The molecule has 1 unspecified atom stereocenters. The van der Waals surface area contributed by atoms with Gasteiger partial charge in [0.05, 0.1) is 5.69 Å². The number of carbonyl (C=O) groups is 1. The Morgan fingerprint density at radius 1 is 1.08 bits per heavy atom. The number of nitrogens with zero attached hydrogens (tertiary/aromatic N) is 1. The van der Waals surface area contributed by atoms with Crippen LogP contribution in [0, 0.1) is 0 Å². The Morgan fingerprint density at radius 2 is 1.69 bits per heavy atom. The number of anilines is 1. The van der Waals surface area contributed by atoms with E-state index in [0.29, 0.717) is 23.2 Å². The van der Waals surface area contributed by atoms with E-state index >= 15 is 0 Å². The smallest absolute Gasteiger partial charge is 0.270 e. The fraction of sp³-hybridized carbons (Fsp3) is 0.250. The molecule has 0 spiro atoms. The highest BCUT2D eigenvalue weighted by atomic mass is 32.2. The van der Waals surface area contributed by atoms with E-state index in [1.807, 2.05) is 56.3 Å². The summed E-state index contributed by atoms with van der Waals surface area (Å²) in [5.41, 5.74) is 2.43. The zero-order valence-electron chi connectivity index (χ0n) is 15.1. The van der Waals surface area contributed by atoms with Gasteiger partial charge in [-0.05, 0) is 25.0 Å². The summed E-state index contributed by atoms with van der Waals surface area (Å²) in [6.07, 6.45) is 0.714. The predicted octanol–water partition coefficient (Wildman–Crippen LogP) is 3.14. The second-order valence-corrected chi connectivity index (χ2v) is 8.25. The molecule has 2 aromatic rings. The van der Waals surface area contributed by atoms with E-state index in [0.717, 1.165) is 5.56 Å². The molecule has 26 heavy (non-hydrogen) atoms. The van der Waals surface area contributed by atoms with Gasteiger partial charge < -0.3 is 5.32 Å². The summed E-state index contributed by atoms with van der Waals surface area (Å²) >= 11 is 0. The number of para-hydroxylation sites is 1. The normalized spacial score (nSPS) is 16.8. The first kappa shape index (κ1) is 18.2. The Kier molecular flexibility index (Phi) is 4.87. The number of nitrogens with one attached hydrogen (secondary N) is 1. The average molecular weight is 370 g/mol. The summed E-state index contributed by atoms with van der Waals surface area (Å²) in [6.45, 7) is 3.79. The number of benzene rings is 2. The van der Waals surface area contributed by atoms with Crippen molar-refractivity contribution in [2.24, 2.45) is 0 Å². The number of carbonyl (C=O) groups excluding carboxylic acids is 1. The van der Waals surface area contributed by atoms with Gasteiger partial charge in [0.1, 0.15) is 0 Å². The van der Waals surface area contributed by atoms with Crippen molar-refractivity contribution in [2.75, 3.05) is 11.4 Å². The lowest BCUT2D eigenvalue weighted by atomic mass is 9.95. The zero-order valence-corrected chi connectivity index (χ0v) is 15.9. The Hall–Kier alpha value is -2.60. The molecule has 0 saturated carbocycles. The monoisotopic (exact) mass is 370 g/mol. The van der Waals surface area contributed by atoms with Crippen molar-refractivity contribution < 1.29 is 13.2 Å². The number of hydrogen-bond donors (Lipinski definition) is 1. The lowest BCUT2D eigenvalue weighted by Gasteiger charge is -2.31. The molecule has 2 aromatic carbocycles. The van der Waals surface area contributed by atoms with Crippen LogP contribution in [0.3, 0.4) is 0 Å². The molecule has 3 rings (SSSR count). The zero-order chi connectivity index (χ0) is 18.9. The molecule has 1 aliphatic heterocycles. The fourth-order valence-corrected chi connectivity index (χ4v) is 4.46. The van der Waals surface area contributed by atoms with Gasteiger partial charge in [-0.3, -0.25) is 9.10 Å². The van der Waals surface area contributed by atoms with Crippen LogP contribution in [-0.2, 0) is 14.8 Å². The van der Waals surface area contributed by atoms with Crippen LogP contribution in [0.25, 0.3) is 5.57 Å². The third kappa shape index (κ3) is 3.01. The minimum atomic E-state index is -3.97. The van der Waals surface area contributed by atoms with Crippen LogP contribution < -0.4 is 9.62 Å². The Balaban J connectivity index is 2.34. The summed E-state index contributed by atoms with van der Waals surface area (Å²) < 4.78 is 27.5. The molecule has 0 bridgehead atoms. The van der Waals surface area contributed by atoms with Gasteiger partial charge in [0.25, 0.3) is 15.9 Å². The number of sulfonamides is 1. The van der Waals surface area contributed by atoms with Gasteiger partial charge in [-0.25, -0.2) is 8.42 Å². The standard InChI is InChI=1S/C20H22N2O3S/c1-4-14(2)21-20(23)19-18(15-10-6-5-7-11-15)16-12-8-9-13-17(16)22(3)26(19,24)25/h5-14H,4H2,1-3H3,(H,21,23). The van der Waals surface area contributed by atoms with Gasteiger partial charge in [-0.15, -0.1) is 0 Å². The number of hydrogen-bond acceptors (Lipinski definition) is 3. The van der Waals surface area contributed by atoms with Crippen LogP contribution in [0.2, 0.25) is 0 Å². The molecule has 136 valence electrons. The van der Waals surface area contributed by atoms with Crippen LogP contribution in [0.4, 0.5) is 5.69 Å². The fourth-order valence-electron chi connectivity index (χ4n) is 2.99. The molecule has 1 aliphatic rings. The third-order valence-corrected chi connectivity index (χ3v) is 6.44. The third-order valence-electron chi connectivity index (χ3n) is 4.62. The second kappa shape index (κ2) is 6.96. The Bertz CT molecular complexity index is 966. The average Bonchev–Trinajstić information content (AvgIpc) is 2.64. The first-order valence-electron chi connectivity index (χ1n) is 8.56. The topological polar surface area (TPSA) is 66.5 Å². The molecule has 0 radical (unpaired) electrons. The van der Waals surface area contributed by atoms with E-state index in [2.05, 4.69) is 5.32 Å². The van der Waals surface area contributed by atoms with Crippen LogP contribution in [0.5, 0.6) is 0 Å². The van der Waals surface area contributed by atoms with E-state index in [9.17, 15) is 13.2 Å². The maximum absolute atomic E-state index is 13.2. The second-order valence-electron chi connectivity index (χ2n) is 6.34. The highest BCUT2D eigenvalue weighted by Crippen LogP contribution is 2.41. The molecule has 0 saturated heterocycles. The lowest BCUT2D eigenvalue weighted by Crippen LogP contribution is -2.41. The van der Waals surface area contributed by atoms with Crippen LogP contribution in [0.1, 0.15) is 31.4 Å². The van der Waals surface area contributed by atoms with Crippen molar-refractivity contribution in [1.29, 1.82) is 0 Å². The highest BCUT2D eigenvalue weighted by molar-refractivity contribution is 7.97. The highest BCUT2D eigenvalue weighted by Gasteiger charge is 2.39. The molecule has 1 atom stereocenters. The van der Waals surface area contributed by atoms with Crippen molar-refractivity contribution in [1.82, 2.24) is 5.32 Å². The van der Waals surface area contributed by atoms with Gasteiger partial charge in [-0.2, -0.15) is 0 Å². The molecule has 6 heteroatoms. The molecule has 0 aromatic heterocycles. The summed E-state index contributed by atoms with van der Waals surface area (Å²) in [7, 11) is -2.49. The minimum absolute atomic E-state index is 0.121. The SMILES string of the molecule is CCC(C)NC(=O)C1=C(c2ccccc2)c2ccccc2N(C)S1(=O)=O. The van der Waals surface area contributed by atoms with Gasteiger partial charge in [0.15, 0.2) is 4.91 Å². The van der Waals surface area contributed by atoms with Crippen LogP contribution in [0.15, 0.2) is 59.5 Å². The van der Waals surface area contributed by atoms with Crippen molar-refractivity contribution >= 4 is 27.2 Å². The quantitative estimate of drug-likeness (QED) is 0.899. The molecule has 1 N–H and O–H groups in total. The molecule has 0 fully saturated rings. The molecule has 0 aliphatic carbocycles. The van der Waals surface area contributed by atoms with Crippen molar-refractivity contribution in [2.45, 2.75) is 26.3 Å². The number of fused-ring (bicyclic) bond motifs is 1. The lowest BCUT2D eigenvalue weighted by molar-refractivity contribution is -0.117. The van der Waals surface area contributed by atoms with E-state index in [1.54, 1.807) is 12.1 Å². The van der Waals surface area contributed by atoms with Crippen LogP contribution >= 0.6 is 0 Å². The first-order chi connectivity index (χ1) is 12.4. The van der Waals surface area contributed by atoms with Crippen molar-refractivity contribution in [3.63, 3.8) is 0 Å². The maximum Gasteiger partial charge on any atom is 0.270 e. The summed E-state index contributed by atoms with van der Waals surface area (Å²) in [5.74, 6) is -0.570. The van der Waals surface area contributed by atoms with Gasteiger partial charge in [-0.1, -0.05) is 55.5 Å². The van der Waals surface area contributed by atoms with E-state index in [1.165, 1.54) is 11.4 Å². The summed E-state index contributed by atoms with van der Waals surface area (Å²) in [6, 6.07) is 16.3. The predicted molar refractivity (Wildman–Crippen MR) is 104 cm³/mol.